The first-order chi connectivity index (χ1) is 52.0. The highest BCUT2D eigenvalue weighted by Crippen LogP contribution is 2.41. The normalized spacial score (nSPS) is 11.4. The Morgan fingerprint density at radius 3 is 0.981 bits per heavy atom. The van der Waals surface area contributed by atoms with Crippen molar-refractivity contribution >= 4 is 98.7 Å². The predicted molar refractivity (Wildman–Crippen MR) is 429 cm³/mol. The average molecular weight is 1350 g/mol. The summed E-state index contributed by atoms with van der Waals surface area (Å²) in [5, 5.41) is 8.84. The minimum Gasteiger partial charge on any atom is -0.456 e. The van der Waals surface area contributed by atoms with Crippen LogP contribution >= 0.6 is 0 Å². The summed E-state index contributed by atoms with van der Waals surface area (Å²) in [6.45, 7) is 0. The van der Waals surface area contributed by atoms with Crippen molar-refractivity contribution < 1.29 is 13.3 Å². The summed E-state index contributed by atoms with van der Waals surface area (Å²) in [5.41, 5.74) is 25.3. The van der Waals surface area contributed by atoms with E-state index in [4.69, 9.17) is 43.2 Å². The largest absolute Gasteiger partial charge is 0.456 e. The van der Waals surface area contributed by atoms with E-state index >= 15 is 0 Å². The van der Waals surface area contributed by atoms with Crippen LogP contribution in [0.5, 0.6) is 0 Å². The highest BCUT2D eigenvalue weighted by atomic mass is 16.3. The molecule has 0 saturated carbocycles. The van der Waals surface area contributed by atoms with Crippen molar-refractivity contribution in [2.75, 3.05) is 0 Å². The average Bonchev–Trinajstić information content (AvgIpc) is 1.77. The molecule has 0 fully saturated rings. The zero-order chi connectivity index (χ0) is 69.6. The first kappa shape index (κ1) is 61.8. The van der Waals surface area contributed by atoms with Crippen LogP contribution in [0.2, 0.25) is 0 Å². The quantitative estimate of drug-likeness (QED) is 0.139. The maximum atomic E-state index is 6.16. The Labute approximate surface area is 603 Å². The molecule has 0 spiro atoms. The highest BCUT2D eigenvalue weighted by Gasteiger charge is 2.20. The van der Waals surface area contributed by atoms with Gasteiger partial charge >= 0.3 is 0 Å². The van der Waals surface area contributed by atoms with E-state index < -0.39 is 0 Å². The molecule has 0 radical (unpaired) electrons. The second kappa shape index (κ2) is 26.7. The maximum absolute atomic E-state index is 6.16. The number of benzene rings is 15. The standard InChI is InChI=1S/3C32H20N2O/c1-3-10-21(11-4-1)30-31(22-12-5-2-6-13-22)34-32-24(15-9-16-27(32)33-30)23-18-19-26-25-14-7-8-17-28(25)35-29(26)20-23;1-3-9-21(10-4-1)31-27-19-23(16-18-28(27)33-32(34-31)22-11-5-2-6-12-22)24-15-17-26-25-13-7-8-14-29(25)35-30(26)20-24;1-3-9-21(10-4-1)31-27-18-16-23(19-28(27)33-32(34-31)22-11-5-2-6-12-22)24-15-17-26-25-13-7-8-14-29(25)35-30(26)20-24/h3*1-20H. The fourth-order valence-corrected chi connectivity index (χ4v) is 14.3. The van der Waals surface area contributed by atoms with E-state index in [1.165, 1.54) is 0 Å². The second-order valence-electron chi connectivity index (χ2n) is 26.0. The molecule has 15 aromatic carbocycles. The Morgan fingerprint density at radius 1 is 0.162 bits per heavy atom. The van der Waals surface area contributed by atoms with Crippen LogP contribution in [0.25, 0.3) is 200 Å². The highest BCUT2D eigenvalue weighted by molar-refractivity contribution is 6.09. The van der Waals surface area contributed by atoms with E-state index in [1.54, 1.807) is 0 Å². The Morgan fingerprint density at radius 2 is 0.505 bits per heavy atom. The van der Waals surface area contributed by atoms with Crippen molar-refractivity contribution in [2.45, 2.75) is 0 Å². The molecule has 9 nitrogen and oxygen atoms in total. The molecule has 0 atom stereocenters. The molecule has 6 aromatic heterocycles. The van der Waals surface area contributed by atoms with Gasteiger partial charge in [-0.05, 0) is 113 Å². The van der Waals surface area contributed by atoms with Gasteiger partial charge in [0.2, 0.25) is 0 Å². The fraction of sp³-hybridized carbons (Fsp3) is 0. The van der Waals surface area contributed by atoms with Gasteiger partial charge in [-0.2, -0.15) is 0 Å². The van der Waals surface area contributed by atoms with Gasteiger partial charge in [0.25, 0.3) is 0 Å². The van der Waals surface area contributed by atoms with Crippen molar-refractivity contribution in [3.8, 4) is 101 Å². The summed E-state index contributed by atoms with van der Waals surface area (Å²) in [7, 11) is 0. The monoisotopic (exact) mass is 1340 g/mol. The Balaban J connectivity index is 0.000000108. The molecule has 6 heterocycles. The van der Waals surface area contributed by atoms with Crippen LogP contribution < -0.4 is 0 Å². The van der Waals surface area contributed by atoms with Crippen LogP contribution in [-0.2, 0) is 0 Å². The number of hydrogen-bond donors (Lipinski definition) is 0. The summed E-state index contributed by atoms with van der Waals surface area (Å²) in [6.07, 6.45) is 0. The molecular formula is C96H60N6O3. The summed E-state index contributed by atoms with van der Waals surface area (Å²) in [5.74, 6) is 1.45. The second-order valence-corrected chi connectivity index (χ2v) is 26.0. The van der Waals surface area contributed by atoms with Crippen molar-refractivity contribution in [1.29, 1.82) is 0 Å². The predicted octanol–water partition coefficient (Wildman–Crippen LogP) is 25.6. The lowest BCUT2D eigenvalue weighted by atomic mass is 9.99. The van der Waals surface area contributed by atoms with Crippen molar-refractivity contribution in [3.05, 3.63) is 364 Å². The number of para-hydroxylation sites is 4. The number of aromatic nitrogens is 6. The van der Waals surface area contributed by atoms with E-state index in [-0.39, 0.29) is 0 Å². The molecule has 0 N–H and O–H groups in total. The molecule has 0 amide bonds. The van der Waals surface area contributed by atoms with E-state index in [2.05, 4.69) is 176 Å². The maximum Gasteiger partial charge on any atom is 0.160 e. The fourth-order valence-electron chi connectivity index (χ4n) is 14.3. The van der Waals surface area contributed by atoms with Crippen LogP contribution in [0.15, 0.2) is 377 Å². The molecule has 21 aromatic rings. The van der Waals surface area contributed by atoms with E-state index in [0.717, 1.165) is 200 Å². The zero-order valence-corrected chi connectivity index (χ0v) is 56.5. The summed E-state index contributed by atoms with van der Waals surface area (Å²) >= 11 is 0. The third kappa shape index (κ3) is 11.8. The number of rotatable bonds is 9. The molecule has 9 heteroatoms. The number of furan rings is 3. The number of hydrogen-bond acceptors (Lipinski definition) is 9. The van der Waals surface area contributed by atoms with E-state index in [1.807, 2.05) is 188 Å². The molecular weight excluding hydrogens is 1290 g/mol. The molecule has 105 heavy (non-hydrogen) atoms. The SMILES string of the molecule is c1ccc(-c2nc(-c3ccccc3)c3cc(-c4ccc5c(c4)oc4ccccc45)ccc3n2)cc1.c1ccc(-c2nc(-c3ccccc3)c3ccc(-c4ccc5c(c4)oc4ccccc45)cc3n2)cc1.c1ccc(-c2nc3cccc(-c4ccc5c(c4)oc4ccccc45)c3nc2-c2ccccc2)cc1. The number of nitrogens with zero attached hydrogens (tertiary/aromatic N) is 6. The van der Waals surface area contributed by atoms with Gasteiger partial charge in [0.1, 0.15) is 33.5 Å². The lowest BCUT2D eigenvalue weighted by Gasteiger charge is -2.13. The van der Waals surface area contributed by atoms with Crippen LogP contribution in [0.4, 0.5) is 0 Å². The van der Waals surface area contributed by atoms with E-state index in [9.17, 15) is 0 Å². The molecule has 0 aliphatic rings. The Kier molecular flexibility index (Phi) is 15.7. The molecule has 21 rings (SSSR count). The summed E-state index contributed by atoms with van der Waals surface area (Å²) in [6, 6.07) is 124. The lowest BCUT2D eigenvalue weighted by Crippen LogP contribution is -1.97. The third-order valence-corrected chi connectivity index (χ3v) is 19.5. The van der Waals surface area contributed by atoms with Crippen molar-refractivity contribution in [2.24, 2.45) is 0 Å². The summed E-state index contributed by atoms with van der Waals surface area (Å²) < 4.78 is 18.4. The van der Waals surface area contributed by atoms with Crippen LogP contribution in [-0.4, -0.2) is 29.9 Å². The van der Waals surface area contributed by atoms with Crippen LogP contribution in [0, 0.1) is 0 Å². The minimum atomic E-state index is 0.724. The Bertz CT molecular complexity index is 6820. The topological polar surface area (TPSA) is 117 Å². The van der Waals surface area contributed by atoms with Gasteiger partial charge in [-0.3, -0.25) is 0 Å². The molecule has 0 unspecified atom stereocenters. The van der Waals surface area contributed by atoms with Gasteiger partial charge in [-0.1, -0.05) is 279 Å². The van der Waals surface area contributed by atoms with Crippen LogP contribution in [0.3, 0.4) is 0 Å². The molecule has 0 saturated heterocycles. The lowest BCUT2D eigenvalue weighted by molar-refractivity contribution is 0.668. The van der Waals surface area contributed by atoms with Gasteiger partial charge in [-0.25, -0.2) is 29.9 Å². The van der Waals surface area contributed by atoms with Gasteiger partial charge in [-0.15, -0.1) is 0 Å². The molecule has 0 bridgehead atoms. The number of fused-ring (bicyclic) bond motifs is 12. The van der Waals surface area contributed by atoms with Gasteiger partial charge < -0.3 is 13.3 Å². The molecule has 0 aliphatic heterocycles. The summed E-state index contributed by atoms with van der Waals surface area (Å²) in [4.78, 5) is 30.3. The third-order valence-electron chi connectivity index (χ3n) is 19.5. The Hall–Kier alpha value is -14.3. The first-order valence-electron chi connectivity index (χ1n) is 35.0. The van der Waals surface area contributed by atoms with Crippen LogP contribution in [0.1, 0.15) is 0 Å². The zero-order valence-electron chi connectivity index (χ0n) is 56.5. The molecule has 492 valence electrons. The van der Waals surface area contributed by atoms with Crippen molar-refractivity contribution in [3.63, 3.8) is 0 Å². The van der Waals surface area contributed by atoms with E-state index in [0.29, 0.717) is 0 Å². The smallest absolute Gasteiger partial charge is 0.160 e. The van der Waals surface area contributed by atoms with Gasteiger partial charge in [0.15, 0.2) is 11.6 Å². The first-order valence-corrected chi connectivity index (χ1v) is 35.0. The molecule has 0 aliphatic carbocycles. The minimum absolute atomic E-state index is 0.724. The van der Waals surface area contributed by atoms with Gasteiger partial charge in [0.05, 0.1) is 44.8 Å². The van der Waals surface area contributed by atoms with Gasteiger partial charge in [0, 0.05) is 82.0 Å². The van der Waals surface area contributed by atoms with Crippen molar-refractivity contribution in [1.82, 2.24) is 29.9 Å².